The molecule has 2 aromatic rings. The van der Waals surface area contributed by atoms with Gasteiger partial charge in [0.25, 0.3) is 11.6 Å². The summed E-state index contributed by atoms with van der Waals surface area (Å²) in [4.78, 5) is 49.3. The van der Waals surface area contributed by atoms with Crippen molar-refractivity contribution < 1.29 is 24.0 Å². The van der Waals surface area contributed by atoms with E-state index in [0.29, 0.717) is 12.0 Å². The zero-order valence-corrected chi connectivity index (χ0v) is 16.4. The molecule has 2 aromatic carbocycles. The molecule has 10 nitrogen and oxygen atoms in total. The number of carbonyl (C=O) groups is 3. The van der Waals surface area contributed by atoms with Crippen LogP contribution in [0.4, 0.5) is 16.2 Å². The summed E-state index contributed by atoms with van der Waals surface area (Å²) < 4.78 is 5.10. The van der Waals surface area contributed by atoms with Crippen molar-refractivity contribution in [3.05, 3.63) is 64.2 Å². The molecular weight excluding hydrogens is 392 g/mol. The molecule has 2 N–H and O–H groups in total. The molecule has 1 atom stereocenters. The summed E-state index contributed by atoms with van der Waals surface area (Å²) in [6.45, 7) is 1.22. The van der Waals surface area contributed by atoms with E-state index in [1.54, 1.807) is 37.3 Å². The molecule has 3 rings (SSSR count). The summed E-state index contributed by atoms with van der Waals surface area (Å²) >= 11 is 0. The number of nitro groups is 1. The molecule has 1 heterocycles. The third kappa shape index (κ3) is 3.66. The fraction of sp³-hybridized carbons (Fsp3) is 0.250. The predicted molar refractivity (Wildman–Crippen MR) is 107 cm³/mol. The second kappa shape index (κ2) is 8.19. The van der Waals surface area contributed by atoms with Gasteiger partial charge in [-0.15, -0.1) is 0 Å². The summed E-state index contributed by atoms with van der Waals surface area (Å²) in [6.07, 6.45) is 0.304. The van der Waals surface area contributed by atoms with Gasteiger partial charge in [-0.05, 0) is 18.1 Å². The topological polar surface area (TPSA) is 131 Å². The number of hydrogen-bond donors (Lipinski definition) is 2. The first-order valence-electron chi connectivity index (χ1n) is 9.14. The predicted octanol–water partition coefficient (Wildman–Crippen LogP) is 2.40. The number of nitrogens with zero attached hydrogens (tertiary/aromatic N) is 2. The Bertz CT molecular complexity index is 1010. The van der Waals surface area contributed by atoms with E-state index in [-0.39, 0.29) is 17.1 Å². The highest BCUT2D eigenvalue weighted by atomic mass is 16.6. The maximum absolute atomic E-state index is 13.1. The van der Waals surface area contributed by atoms with Gasteiger partial charge in [0.1, 0.15) is 17.8 Å². The molecule has 0 spiro atoms. The summed E-state index contributed by atoms with van der Waals surface area (Å²) in [6, 6.07) is 11.8. The van der Waals surface area contributed by atoms with Crippen molar-refractivity contribution in [3.63, 3.8) is 0 Å². The first kappa shape index (κ1) is 20.8. The number of non-ortho nitro benzene ring substituents is 1. The van der Waals surface area contributed by atoms with Gasteiger partial charge in [-0.3, -0.25) is 24.6 Å². The van der Waals surface area contributed by atoms with Crippen LogP contribution in [0.5, 0.6) is 5.75 Å². The SMILES string of the molecule is CC[C@]1(c2ccccc2)NC(=O)N(CC(=O)Nc2cc([N+](=O)[O-])ccc2OC)C1=O. The largest absolute Gasteiger partial charge is 0.495 e. The van der Waals surface area contributed by atoms with Crippen LogP contribution in [0.1, 0.15) is 18.9 Å². The fourth-order valence-corrected chi connectivity index (χ4v) is 3.37. The zero-order chi connectivity index (χ0) is 21.9. The lowest BCUT2D eigenvalue weighted by Crippen LogP contribution is -2.44. The van der Waals surface area contributed by atoms with Gasteiger partial charge in [0.2, 0.25) is 5.91 Å². The number of imide groups is 1. The minimum atomic E-state index is -1.25. The van der Waals surface area contributed by atoms with Crippen LogP contribution in [0.25, 0.3) is 0 Å². The minimum absolute atomic E-state index is 0.0635. The number of methoxy groups -OCH3 is 1. The molecule has 0 unspecified atom stereocenters. The molecule has 4 amide bonds. The molecule has 0 aliphatic carbocycles. The van der Waals surface area contributed by atoms with E-state index in [1.807, 2.05) is 0 Å². The van der Waals surface area contributed by atoms with Crippen LogP contribution in [0.3, 0.4) is 0 Å². The van der Waals surface area contributed by atoms with Gasteiger partial charge in [-0.2, -0.15) is 0 Å². The third-order valence-corrected chi connectivity index (χ3v) is 4.94. The Hall–Kier alpha value is -3.95. The lowest BCUT2D eigenvalue weighted by Gasteiger charge is -2.25. The summed E-state index contributed by atoms with van der Waals surface area (Å²) in [5.41, 5.74) is -0.806. The van der Waals surface area contributed by atoms with Crippen molar-refractivity contribution in [2.45, 2.75) is 18.9 Å². The molecule has 156 valence electrons. The van der Waals surface area contributed by atoms with Crippen LogP contribution in [0.15, 0.2) is 48.5 Å². The highest BCUT2D eigenvalue weighted by Gasteiger charge is 2.51. The second-order valence-electron chi connectivity index (χ2n) is 6.64. The van der Waals surface area contributed by atoms with Gasteiger partial charge >= 0.3 is 6.03 Å². The van der Waals surface area contributed by atoms with Crippen molar-refractivity contribution in [1.82, 2.24) is 10.2 Å². The van der Waals surface area contributed by atoms with Gasteiger partial charge in [-0.1, -0.05) is 37.3 Å². The molecule has 1 aliphatic rings. The number of amides is 4. The van der Waals surface area contributed by atoms with Crippen molar-refractivity contribution in [3.8, 4) is 5.75 Å². The van der Waals surface area contributed by atoms with Crippen molar-refractivity contribution in [2.75, 3.05) is 19.0 Å². The molecule has 0 radical (unpaired) electrons. The fourth-order valence-electron chi connectivity index (χ4n) is 3.37. The lowest BCUT2D eigenvalue weighted by molar-refractivity contribution is -0.384. The average molecular weight is 412 g/mol. The molecule has 0 aromatic heterocycles. The Kier molecular flexibility index (Phi) is 5.67. The van der Waals surface area contributed by atoms with Gasteiger partial charge in [0, 0.05) is 12.1 Å². The summed E-state index contributed by atoms with van der Waals surface area (Å²) in [5, 5.41) is 16.1. The van der Waals surface area contributed by atoms with Gasteiger partial charge < -0.3 is 15.4 Å². The number of carbonyl (C=O) groups excluding carboxylic acids is 3. The van der Waals surface area contributed by atoms with E-state index >= 15 is 0 Å². The van der Waals surface area contributed by atoms with E-state index in [1.165, 1.54) is 19.2 Å². The Morgan fingerprint density at radius 1 is 1.23 bits per heavy atom. The molecule has 0 saturated carbocycles. The number of urea groups is 1. The Morgan fingerprint density at radius 2 is 1.93 bits per heavy atom. The average Bonchev–Trinajstić information content (AvgIpc) is 2.99. The highest BCUT2D eigenvalue weighted by molar-refractivity contribution is 6.10. The summed E-state index contributed by atoms with van der Waals surface area (Å²) in [5.74, 6) is -1.03. The molecule has 0 bridgehead atoms. The zero-order valence-electron chi connectivity index (χ0n) is 16.4. The second-order valence-corrected chi connectivity index (χ2v) is 6.64. The van der Waals surface area contributed by atoms with Crippen LogP contribution in [0.2, 0.25) is 0 Å². The van der Waals surface area contributed by atoms with Crippen molar-refractivity contribution >= 4 is 29.2 Å². The molecule has 1 aliphatic heterocycles. The summed E-state index contributed by atoms with van der Waals surface area (Å²) in [7, 11) is 1.35. The van der Waals surface area contributed by atoms with E-state index < -0.39 is 34.9 Å². The normalized spacial score (nSPS) is 18.1. The van der Waals surface area contributed by atoms with Crippen LogP contribution in [0, 0.1) is 10.1 Å². The van der Waals surface area contributed by atoms with Crippen molar-refractivity contribution in [2.24, 2.45) is 0 Å². The maximum atomic E-state index is 13.1. The molecule has 1 saturated heterocycles. The molecule has 30 heavy (non-hydrogen) atoms. The number of anilines is 1. The van der Waals surface area contributed by atoms with Gasteiger partial charge in [0.05, 0.1) is 17.7 Å². The Morgan fingerprint density at radius 3 is 2.53 bits per heavy atom. The number of ether oxygens (including phenoxy) is 1. The molecular formula is C20H20N4O6. The quantitative estimate of drug-likeness (QED) is 0.408. The monoisotopic (exact) mass is 412 g/mol. The van der Waals surface area contributed by atoms with Crippen LogP contribution in [-0.2, 0) is 15.1 Å². The van der Waals surface area contributed by atoms with Crippen LogP contribution in [-0.4, -0.2) is 41.3 Å². The van der Waals surface area contributed by atoms with E-state index in [4.69, 9.17) is 4.74 Å². The van der Waals surface area contributed by atoms with Crippen LogP contribution >= 0.6 is 0 Å². The number of nitrogens with one attached hydrogen (secondary N) is 2. The highest BCUT2D eigenvalue weighted by Crippen LogP contribution is 2.33. The first-order valence-corrected chi connectivity index (χ1v) is 9.14. The molecule has 10 heteroatoms. The van der Waals surface area contributed by atoms with Crippen LogP contribution < -0.4 is 15.4 Å². The number of nitro benzene ring substituents is 1. The number of benzene rings is 2. The van der Waals surface area contributed by atoms with E-state index in [9.17, 15) is 24.5 Å². The van der Waals surface area contributed by atoms with Crippen molar-refractivity contribution in [1.29, 1.82) is 0 Å². The lowest BCUT2D eigenvalue weighted by atomic mass is 9.87. The smallest absolute Gasteiger partial charge is 0.325 e. The standard InChI is InChI=1S/C20H20N4O6/c1-3-20(13-7-5-4-6-8-13)18(26)23(19(27)22-20)12-17(25)21-15-11-14(24(28)29)9-10-16(15)30-2/h4-11H,3,12H2,1-2H3,(H,21,25)(H,22,27)/t20-/m1/s1. The minimum Gasteiger partial charge on any atom is -0.495 e. The molecule has 1 fully saturated rings. The maximum Gasteiger partial charge on any atom is 0.325 e. The third-order valence-electron chi connectivity index (χ3n) is 4.94. The Labute approximate surface area is 172 Å². The van der Waals surface area contributed by atoms with Gasteiger partial charge in [-0.25, -0.2) is 4.79 Å². The van der Waals surface area contributed by atoms with Gasteiger partial charge in [0.15, 0.2) is 0 Å². The number of hydrogen-bond acceptors (Lipinski definition) is 6. The first-order chi connectivity index (χ1) is 14.3. The Balaban J connectivity index is 1.81. The number of rotatable bonds is 7. The van der Waals surface area contributed by atoms with E-state index in [0.717, 1.165) is 11.0 Å². The van der Waals surface area contributed by atoms with E-state index in [2.05, 4.69) is 10.6 Å².